The lowest BCUT2D eigenvalue weighted by Gasteiger charge is -2.33. The second-order valence-electron chi connectivity index (χ2n) is 8.53. The van der Waals surface area contributed by atoms with Crippen LogP contribution in [0.15, 0.2) is 42.5 Å². The molecule has 2 aromatic rings. The minimum absolute atomic E-state index is 0.0123. The SMILES string of the molecule is Cc1ccc(CN2C(=O)[C@@]3(SCCN3C(=O)CC(C)C)c3cc(C)ccc32)cc1. The fraction of sp³-hybridized carbons (Fsp3) is 0.417. The summed E-state index contributed by atoms with van der Waals surface area (Å²) in [6, 6.07) is 14.5. The molecule has 2 heterocycles. The zero-order valence-electron chi connectivity index (χ0n) is 17.6. The van der Waals surface area contributed by atoms with Crippen molar-refractivity contribution in [3.8, 4) is 0 Å². The third-order valence-electron chi connectivity index (χ3n) is 5.69. The van der Waals surface area contributed by atoms with Crippen LogP contribution in [-0.2, 0) is 21.0 Å². The van der Waals surface area contributed by atoms with Crippen LogP contribution in [0.4, 0.5) is 5.69 Å². The van der Waals surface area contributed by atoms with E-state index in [2.05, 4.69) is 37.3 Å². The first-order valence-electron chi connectivity index (χ1n) is 10.3. The Morgan fingerprint density at radius 2 is 1.79 bits per heavy atom. The van der Waals surface area contributed by atoms with Gasteiger partial charge in [-0.15, -0.1) is 11.8 Å². The topological polar surface area (TPSA) is 40.6 Å². The quantitative estimate of drug-likeness (QED) is 0.741. The summed E-state index contributed by atoms with van der Waals surface area (Å²) in [4.78, 5) is 29.8. The Morgan fingerprint density at radius 1 is 1.10 bits per heavy atom. The highest BCUT2D eigenvalue weighted by Crippen LogP contribution is 2.54. The van der Waals surface area contributed by atoms with Gasteiger partial charge >= 0.3 is 0 Å². The molecule has 0 bridgehead atoms. The minimum atomic E-state index is -0.919. The molecule has 0 saturated carbocycles. The Hall–Kier alpha value is -2.27. The van der Waals surface area contributed by atoms with Crippen molar-refractivity contribution in [2.75, 3.05) is 17.2 Å². The number of benzene rings is 2. The van der Waals surface area contributed by atoms with E-state index < -0.39 is 4.87 Å². The molecule has 0 radical (unpaired) electrons. The molecule has 2 aliphatic rings. The highest BCUT2D eigenvalue weighted by Gasteiger charge is 2.59. The average molecular weight is 409 g/mol. The second kappa shape index (κ2) is 7.52. The van der Waals surface area contributed by atoms with Crippen LogP contribution in [0, 0.1) is 19.8 Å². The predicted octanol–water partition coefficient (Wildman–Crippen LogP) is 4.62. The number of anilines is 1. The number of amides is 2. The van der Waals surface area contributed by atoms with Gasteiger partial charge < -0.3 is 9.80 Å². The van der Waals surface area contributed by atoms with Gasteiger partial charge in [-0.1, -0.05) is 61.4 Å². The van der Waals surface area contributed by atoms with Gasteiger partial charge in [0, 0.05) is 24.3 Å². The molecule has 1 fully saturated rings. The van der Waals surface area contributed by atoms with Crippen LogP contribution in [0.3, 0.4) is 0 Å². The van der Waals surface area contributed by atoms with E-state index in [0.29, 0.717) is 19.5 Å². The van der Waals surface area contributed by atoms with Crippen LogP contribution in [0.25, 0.3) is 0 Å². The van der Waals surface area contributed by atoms with Gasteiger partial charge in [-0.3, -0.25) is 9.59 Å². The second-order valence-corrected chi connectivity index (χ2v) is 9.82. The van der Waals surface area contributed by atoms with Crippen molar-refractivity contribution in [1.29, 1.82) is 0 Å². The van der Waals surface area contributed by atoms with E-state index in [1.54, 1.807) is 11.8 Å². The van der Waals surface area contributed by atoms with Crippen LogP contribution in [0.1, 0.15) is 42.5 Å². The van der Waals surface area contributed by atoms with E-state index in [1.807, 2.05) is 42.7 Å². The minimum Gasteiger partial charge on any atom is -0.315 e. The van der Waals surface area contributed by atoms with Crippen molar-refractivity contribution in [3.05, 3.63) is 64.7 Å². The Kier molecular flexibility index (Phi) is 5.19. The lowest BCUT2D eigenvalue weighted by molar-refractivity contribution is -0.140. The number of carbonyl (C=O) groups excluding carboxylic acids is 2. The largest absolute Gasteiger partial charge is 0.315 e. The van der Waals surface area contributed by atoms with Gasteiger partial charge in [-0.05, 0) is 31.4 Å². The first kappa shape index (κ1) is 20.0. The molecule has 2 amide bonds. The monoisotopic (exact) mass is 408 g/mol. The van der Waals surface area contributed by atoms with Crippen molar-refractivity contribution < 1.29 is 9.59 Å². The van der Waals surface area contributed by atoms with Gasteiger partial charge in [0.15, 0.2) is 4.87 Å². The van der Waals surface area contributed by atoms with Crippen molar-refractivity contribution in [2.45, 2.75) is 45.5 Å². The fourth-order valence-electron chi connectivity index (χ4n) is 4.28. The molecule has 0 aromatic heterocycles. The number of nitrogens with zero attached hydrogens (tertiary/aromatic N) is 2. The molecule has 2 aromatic carbocycles. The van der Waals surface area contributed by atoms with Gasteiger partial charge in [-0.2, -0.15) is 0 Å². The lowest BCUT2D eigenvalue weighted by atomic mass is 10.0. The molecular formula is C24H28N2O2S. The van der Waals surface area contributed by atoms with Crippen LogP contribution in [0.5, 0.6) is 0 Å². The standard InChI is InChI=1S/C24H28N2O2S/c1-16(2)13-22(27)26-11-12-29-24(26)20-14-18(4)7-10-21(20)25(23(24)28)15-19-8-5-17(3)6-9-19/h5-10,14,16H,11-13,15H2,1-4H3/t24-/m0/s1. The van der Waals surface area contributed by atoms with E-state index in [0.717, 1.165) is 28.1 Å². The number of thioether (sulfide) groups is 1. The Balaban J connectivity index is 1.77. The van der Waals surface area contributed by atoms with Crippen molar-refractivity contribution in [2.24, 2.45) is 5.92 Å². The summed E-state index contributed by atoms with van der Waals surface area (Å²) in [7, 11) is 0. The van der Waals surface area contributed by atoms with E-state index in [9.17, 15) is 9.59 Å². The Bertz CT molecular complexity index is 954. The normalized spacial score (nSPS) is 20.8. The van der Waals surface area contributed by atoms with Crippen LogP contribution >= 0.6 is 11.8 Å². The fourth-order valence-corrected chi connectivity index (χ4v) is 5.75. The van der Waals surface area contributed by atoms with Crippen molar-refractivity contribution in [3.63, 3.8) is 0 Å². The first-order valence-corrected chi connectivity index (χ1v) is 11.2. The summed E-state index contributed by atoms with van der Waals surface area (Å²) in [6.07, 6.45) is 0.467. The number of rotatable bonds is 4. The zero-order valence-corrected chi connectivity index (χ0v) is 18.4. The molecule has 4 nitrogen and oxygen atoms in total. The smallest absolute Gasteiger partial charge is 0.268 e. The summed E-state index contributed by atoms with van der Waals surface area (Å²) in [5.41, 5.74) is 5.30. The molecule has 0 N–H and O–H groups in total. The highest BCUT2D eigenvalue weighted by atomic mass is 32.2. The van der Waals surface area contributed by atoms with Crippen molar-refractivity contribution in [1.82, 2.24) is 4.90 Å². The van der Waals surface area contributed by atoms with E-state index in [4.69, 9.17) is 0 Å². The third-order valence-corrected chi connectivity index (χ3v) is 7.11. The van der Waals surface area contributed by atoms with Gasteiger partial charge in [0.2, 0.25) is 5.91 Å². The van der Waals surface area contributed by atoms with Crippen LogP contribution < -0.4 is 4.90 Å². The van der Waals surface area contributed by atoms with E-state index in [1.165, 1.54) is 5.56 Å². The molecule has 2 aliphatic heterocycles. The zero-order chi connectivity index (χ0) is 20.8. The molecule has 5 heteroatoms. The molecule has 1 saturated heterocycles. The van der Waals surface area contributed by atoms with Gasteiger partial charge in [0.25, 0.3) is 5.91 Å². The number of hydrogen-bond acceptors (Lipinski definition) is 3. The van der Waals surface area contributed by atoms with Gasteiger partial charge in [0.1, 0.15) is 0 Å². The number of fused-ring (bicyclic) bond motifs is 2. The first-order chi connectivity index (χ1) is 13.8. The molecular weight excluding hydrogens is 380 g/mol. The molecule has 1 spiro atoms. The van der Waals surface area contributed by atoms with Gasteiger partial charge in [0.05, 0.1) is 12.2 Å². The third kappa shape index (κ3) is 3.35. The number of aryl methyl sites for hydroxylation is 2. The van der Waals surface area contributed by atoms with Crippen molar-refractivity contribution >= 4 is 29.3 Å². The number of hydrogen-bond donors (Lipinski definition) is 0. The Labute approximate surface area is 177 Å². The summed E-state index contributed by atoms with van der Waals surface area (Å²) >= 11 is 1.61. The predicted molar refractivity (Wildman–Crippen MR) is 119 cm³/mol. The molecule has 0 unspecified atom stereocenters. The lowest BCUT2D eigenvalue weighted by Crippen LogP contribution is -2.50. The maximum absolute atomic E-state index is 13.9. The number of carbonyl (C=O) groups is 2. The molecule has 152 valence electrons. The van der Waals surface area contributed by atoms with Gasteiger partial charge in [-0.25, -0.2) is 0 Å². The summed E-state index contributed by atoms with van der Waals surface area (Å²) < 4.78 is 0. The molecule has 4 rings (SSSR count). The summed E-state index contributed by atoms with van der Waals surface area (Å²) in [5, 5.41) is 0. The van der Waals surface area contributed by atoms with E-state index in [-0.39, 0.29) is 17.7 Å². The molecule has 1 atom stereocenters. The Morgan fingerprint density at radius 3 is 2.48 bits per heavy atom. The summed E-state index contributed by atoms with van der Waals surface area (Å²) in [5.74, 6) is 1.13. The molecule has 0 aliphatic carbocycles. The van der Waals surface area contributed by atoms with E-state index >= 15 is 0 Å². The summed E-state index contributed by atoms with van der Waals surface area (Å²) in [6.45, 7) is 9.34. The maximum atomic E-state index is 13.9. The van der Waals surface area contributed by atoms with Crippen LogP contribution in [-0.4, -0.2) is 29.0 Å². The average Bonchev–Trinajstić information content (AvgIpc) is 3.20. The highest BCUT2D eigenvalue weighted by molar-refractivity contribution is 8.01. The van der Waals surface area contributed by atoms with Crippen LogP contribution in [0.2, 0.25) is 0 Å². The molecule has 29 heavy (non-hydrogen) atoms. The maximum Gasteiger partial charge on any atom is 0.268 e.